The number of hydrogen-bond donors (Lipinski definition) is 0. The SMILES string of the molecule is CCC1=C(C)C(=O)C(Sc2ccccc2)C1. The summed E-state index contributed by atoms with van der Waals surface area (Å²) in [6.45, 7) is 4.09. The fourth-order valence-electron chi connectivity index (χ4n) is 2.05. The van der Waals surface area contributed by atoms with Crippen LogP contribution in [0.15, 0.2) is 46.4 Å². The Kier molecular flexibility index (Phi) is 3.49. The van der Waals surface area contributed by atoms with Gasteiger partial charge in [0.05, 0.1) is 5.25 Å². The largest absolute Gasteiger partial charge is 0.293 e. The number of allylic oxidation sites excluding steroid dienone is 2. The predicted molar refractivity (Wildman–Crippen MR) is 68.7 cm³/mol. The highest BCUT2D eigenvalue weighted by Gasteiger charge is 2.29. The van der Waals surface area contributed by atoms with Crippen LogP contribution in [0.5, 0.6) is 0 Å². The maximum absolute atomic E-state index is 12.0. The van der Waals surface area contributed by atoms with Gasteiger partial charge >= 0.3 is 0 Å². The highest BCUT2D eigenvalue weighted by molar-refractivity contribution is 8.00. The Labute approximate surface area is 101 Å². The summed E-state index contributed by atoms with van der Waals surface area (Å²) in [5.74, 6) is 0.325. The van der Waals surface area contributed by atoms with E-state index in [2.05, 4.69) is 19.1 Å². The minimum atomic E-state index is 0.109. The van der Waals surface area contributed by atoms with Crippen LogP contribution in [0.2, 0.25) is 0 Å². The van der Waals surface area contributed by atoms with Gasteiger partial charge in [-0.3, -0.25) is 4.79 Å². The lowest BCUT2D eigenvalue weighted by molar-refractivity contribution is -0.114. The quantitative estimate of drug-likeness (QED) is 0.787. The molecule has 0 amide bonds. The van der Waals surface area contributed by atoms with Crippen molar-refractivity contribution < 1.29 is 4.79 Å². The van der Waals surface area contributed by atoms with Crippen molar-refractivity contribution in [3.05, 3.63) is 41.5 Å². The van der Waals surface area contributed by atoms with E-state index in [0.717, 1.165) is 18.4 Å². The van der Waals surface area contributed by atoms with Crippen LogP contribution in [0.3, 0.4) is 0 Å². The average Bonchev–Trinajstić information content (AvgIpc) is 2.58. The topological polar surface area (TPSA) is 17.1 Å². The van der Waals surface area contributed by atoms with Gasteiger partial charge in [0.15, 0.2) is 5.78 Å². The van der Waals surface area contributed by atoms with Gasteiger partial charge in [-0.1, -0.05) is 30.7 Å². The molecule has 0 saturated carbocycles. The second-order valence-electron chi connectivity index (χ2n) is 4.07. The molecule has 1 aliphatic carbocycles. The van der Waals surface area contributed by atoms with Gasteiger partial charge in [0.1, 0.15) is 0 Å². The first-order valence-corrected chi connectivity index (χ1v) is 6.55. The van der Waals surface area contributed by atoms with Gasteiger partial charge in [-0.15, -0.1) is 11.8 Å². The molecule has 0 aliphatic heterocycles. The fourth-order valence-corrected chi connectivity index (χ4v) is 3.26. The summed E-state index contributed by atoms with van der Waals surface area (Å²) < 4.78 is 0. The smallest absolute Gasteiger partial charge is 0.172 e. The van der Waals surface area contributed by atoms with Crippen molar-refractivity contribution in [3.8, 4) is 0 Å². The summed E-state index contributed by atoms with van der Waals surface area (Å²) in [7, 11) is 0. The molecular weight excluding hydrogens is 216 g/mol. The summed E-state index contributed by atoms with van der Waals surface area (Å²) in [6, 6.07) is 10.2. The van der Waals surface area contributed by atoms with Gasteiger partial charge < -0.3 is 0 Å². The van der Waals surface area contributed by atoms with E-state index in [1.54, 1.807) is 11.8 Å². The van der Waals surface area contributed by atoms with E-state index >= 15 is 0 Å². The number of carbonyl (C=O) groups is 1. The number of benzene rings is 1. The number of Topliss-reactive ketones (excluding diaryl/α,β-unsaturated/α-hetero) is 1. The molecule has 16 heavy (non-hydrogen) atoms. The summed E-state index contributed by atoms with van der Waals surface area (Å²) in [6.07, 6.45) is 1.93. The Morgan fingerprint density at radius 3 is 2.56 bits per heavy atom. The lowest BCUT2D eigenvalue weighted by Gasteiger charge is -2.08. The minimum Gasteiger partial charge on any atom is -0.293 e. The van der Waals surface area contributed by atoms with Crippen molar-refractivity contribution in [2.24, 2.45) is 0 Å². The molecule has 1 aromatic carbocycles. The monoisotopic (exact) mass is 232 g/mol. The molecule has 0 N–H and O–H groups in total. The summed E-state index contributed by atoms with van der Waals surface area (Å²) >= 11 is 1.69. The van der Waals surface area contributed by atoms with Crippen LogP contribution in [0, 0.1) is 0 Å². The van der Waals surface area contributed by atoms with Crippen LogP contribution in [-0.2, 0) is 4.79 Å². The van der Waals surface area contributed by atoms with Crippen LogP contribution in [0.25, 0.3) is 0 Å². The first-order chi connectivity index (χ1) is 7.72. The zero-order chi connectivity index (χ0) is 11.5. The molecule has 1 aliphatic rings. The molecule has 1 nitrogen and oxygen atoms in total. The van der Waals surface area contributed by atoms with E-state index in [1.165, 1.54) is 10.5 Å². The van der Waals surface area contributed by atoms with Crippen molar-refractivity contribution >= 4 is 17.5 Å². The zero-order valence-corrected chi connectivity index (χ0v) is 10.5. The molecule has 0 bridgehead atoms. The maximum Gasteiger partial charge on any atom is 0.172 e. The Hall–Kier alpha value is -1.02. The number of hydrogen-bond acceptors (Lipinski definition) is 2. The first kappa shape index (κ1) is 11.5. The molecule has 1 atom stereocenters. The second kappa shape index (κ2) is 4.88. The molecule has 0 saturated heterocycles. The summed E-state index contributed by atoms with van der Waals surface area (Å²) in [4.78, 5) is 13.2. The van der Waals surface area contributed by atoms with Crippen LogP contribution in [-0.4, -0.2) is 11.0 Å². The fraction of sp³-hybridized carbons (Fsp3) is 0.357. The van der Waals surface area contributed by atoms with E-state index in [4.69, 9.17) is 0 Å². The number of carbonyl (C=O) groups excluding carboxylic acids is 1. The van der Waals surface area contributed by atoms with E-state index in [9.17, 15) is 4.79 Å². The predicted octanol–water partition coefficient (Wildman–Crippen LogP) is 3.85. The highest BCUT2D eigenvalue weighted by Crippen LogP contribution is 2.36. The van der Waals surface area contributed by atoms with Crippen molar-refractivity contribution in [3.63, 3.8) is 0 Å². The molecular formula is C14H16OS. The molecule has 1 aromatic rings. The van der Waals surface area contributed by atoms with Crippen molar-refractivity contribution in [1.82, 2.24) is 0 Å². The maximum atomic E-state index is 12.0. The minimum absolute atomic E-state index is 0.109. The number of ketones is 1. The van der Waals surface area contributed by atoms with Crippen molar-refractivity contribution in [1.29, 1.82) is 0 Å². The van der Waals surface area contributed by atoms with Gasteiger partial charge in [-0.05, 0) is 37.5 Å². The molecule has 0 radical (unpaired) electrons. The van der Waals surface area contributed by atoms with Gasteiger partial charge in [-0.2, -0.15) is 0 Å². The standard InChI is InChI=1S/C14H16OS/c1-3-11-9-13(14(15)10(11)2)16-12-7-5-4-6-8-12/h4-8,13H,3,9H2,1-2H3. The Morgan fingerprint density at radius 1 is 1.31 bits per heavy atom. The number of rotatable bonds is 3. The lowest BCUT2D eigenvalue weighted by atomic mass is 10.1. The normalized spacial score (nSPS) is 20.6. The highest BCUT2D eigenvalue weighted by atomic mass is 32.2. The molecule has 0 aromatic heterocycles. The van der Waals surface area contributed by atoms with Gasteiger partial charge in [0.2, 0.25) is 0 Å². The molecule has 0 fully saturated rings. The van der Waals surface area contributed by atoms with Crippen LogP contribution < -0.4 is 0 Å². The van der Waals surface area contributed by atoms with Crippen LogP contribution >= 0.6 is 11.8 Å². The summed E-state index contributed by atoms with van der Waals surface area (Å²) in [5, 5.41) is 0.109. The third kappa shape index (κ3) is 2.22. The Morgan fingerprint density at radius 2 is 2.00 bits per heavy atom. The third-order valence-electron chi connectivity index (χ3n) is 3.07. The van der Waals surface area contributed by atoms with Crippen molar-refractivity contribution in [2.75, 3.05) is 0 Å². The average molecular weight is 232 g/mol. The Bertz CT molecular complexity index is 420. The van der Waals surface area contributed by atoms with Gasteiger partial charge in [0, 0.05) is 4.90 Å². The summed E-state index contributed by atoms with van der Waals surface area (Å²) in [5.41, 5.74) is 2.33. The van der Waals surface area contributed by atoms with Gasteiger partial charge in [0.25, 0.3) is 0 Å². The molecule has 2 heteroatoms. The first-order valence-electron chi connectivity index (χ1n) is 5.67. The molecule has 2 rings (SSSR count). The van der Waals surface area contributed by atoms with E-state index in [-0.39, 0.29) is 5.25 Å². The molecule has 1 unspecified atom stereocenters. The zero-order valence-electron chi connectivity index (χ0n) is 9.69. The lowest BCUT2D eigenvalue weighted by Crippen LogP contribution is -2.10. The van der Waals surface area contributed by atoms with Crippen molar-refractivity contribution in [2.45, 2.75) is 36.8 Å². The van der Waals surface area contributed by atoms with Crippen LogP contribution in [0.1, 0.15) is 26.7 Å². The number of thioether (sulfide) groups is 1. The van der Waals surface area contributed by atoms with Crippen LogP contribution in [0.4, 0.5) is 0 Å². The van der Waals surface area contributed by atoms with E-state index in [0.29, 0.717) is 5.78 Å². The molecule has 0 spiro atoms. The van der Waals surface area contributed by atoms with E-state index < -0.39 is 0 Å². The third-order valence-corrected chi connectivity index (χ3v) is 4.28. The Balaban J connectivity index is 2.08. The van der Waals surface area contributed by atoms with E-state index in [1.807, 2.05) is 25.1 Å². The molecule has 0 heterocycles. The second-order valence-corrected chi connectivity index (χ2v) is 5.35. The molecule has 84 valence electrons. The van der Waals surface area contributed by atoms with Gasteiger partial charge in [-0.25, -0.2) is 0 Å².